The lowest BCUT2D eigenvalue weighted by molar-refractivity contribution is 1.59. The van der Waals surface area contributed by atoms with E-state index in [1.54, 1.807) is 0 Å². The maximum atomic E-state index is 2.33. The lowest BCUT2D eigenvalue weighted by atomic mass is 9.99. The van der Waals surface area contributed by atoms with E-state index in [1.165, 1.54) is 65.4 Å². The van der Waals surface area contributed by atoms with Crippen molar-refractivity contribution < 1.29 is 0 Å². The molecule has 1 aromatic heterocycles. The highest BCUT2D eigenvalue weighted by Gasteiger charge is 2.20. The molecule has 0 aliphatic heterocycles. The molecule has 1 heterocycles. The molecule has 0 nitrogen and oxygen atoms in total. The molecule has 0 saturated carbocycles. The van der Waals surface area contributed by atoms with Gasteiger partial charge in [0.2, 0.25) is 21.1 Å². The molecular formula is C41H29S+. The topological polar surface area (TPSA) is 0 Å². The standard InChI is InChI=1S/C41H29S/c1-4-10-30(11-5-1)33-16-18-36(19-17-33)39-28-40(37-24-20-34(21-25-37)31-12-6-2-7-13-31)42-41(29-39)38-26-22-35(23-27-38)32-14-8-3-9-15-32/h1-29H/q+1. The molecule has 7 rings (SSSR count). The van der Waals surface area contributed by atoms with Crippen LogP contribution in [-0.2, 0) is 0 Å². The summed E-state index contributed by atoms with van der Waals surface area (Å²) in [6.07, 6.45) is 0. The van der Waals surface area contributed by atoms with E-state index in [4.69, 9.17) is 0 Å². The molecule has 0 spiro atoms. The first kappa shape index (κ1) is 25.8. The third-order valence-electron chi connectivity index (χ3n) is 7.67. The fourth-order valence-corrected chi connectivity index (χ4v) is 6.47. The summed E-state index contributed by atoms with van der Waals surface area (Å²) in [6, 6.07) is 63.2. The summed E-state index contributed by atoms with van der Waals surface area (Å²) in [5, 5.41) is 0. The van der Waals surface area contributed by atoms with Crippen LogP contribution in [0.2, 0.25) is 0 Å². The predicted molar refractivity (Wildman–Crippen MR) is 181 cm³/mol. The van der Waals surface area contributed by atoms with Crippen molar-refractivity contribution in [2.45, 2.75) is 0 Å². The number of hydrogen-bond donors (Lipinski definition) is 0. The van der Waals surface area contributed by atoms with Crippen molar-refractivity contribution in [2.75, 3.05) is 0 Å². The van der Waals surface area contributed by atoms with Crippen LogP contribution >= 0.6 is 11.3 Å². The van der Waals surface area contributed by atoms with Crippen LogP contribution in [0.15, 0.2) is 176 Å². The molecular weight excluding hydrogens is 525 g/mol. The Morgan fingerprint density at radius 1 is 0.214 bits per heavy atom. The van der Waals surface area contributed by atoms with Crippen molar-refractivity contribution in [3.8, 4) is 65.4 Å². The summed E-state index contributed by atoms with van der Waals surface area (Å²) >= 11 is 1.84. The summed E-state index contributed by atoms with van der Waals surface area (Å²) in [5.41, 5.74) is 12.3. The van der Waals surface area contributed by atoms with E-state index in [9.17, 15) is 0 Å². The second-order valence-electron chi connectivity index (χ2n) is 10.4. The zero-order valence-electron chi connectivity index (χ0n) is 23.2. The van der Waals surface area contributed by atoms with Crippen molar-refractivity contribution in [1.82, 2.24) is 0 Å². The van der Waals surface area contributed by atoms with Crippen LogP contribution in [-0.4, -0.2) is 0 Å². The van der Waals surface area contributed by atoms with Crippen LogP contribution in [0.25, 0.3) is 65.4 Å². The van der Waals surface area contributed by atoms with Crippen LogP contribution in [0.4, 0.5) is 0 Å². The Morgan fingerprint density at radius 3 is 0.762 bits per heavy atom. The number of hydrogen-bond acceptors (Lipinski definition) is 0. The molecule has 0 aliphatic rings. The zero-order valence-corrected chi connectivity index (χ0v) is 24.0. The van der Waals surface area contributed by atoms with Gasteiger partial charge in [0.1, 0.15) is 0 Å². The van der Waals surface area contributed by atoms with Gasteiger partial charge in [0.15, 0.2) is 0 Å². The van der Waals surface area contributed by atoms with Gasteiger partial charge < -0.3 is 0 Å². The van der Waals surface area contributed by atoms with Gasteiger partial charge in [-0.05, 0) is 68.8 Å². The van der Waals surface area contributed by atoms with Gasteiger partial charge in [-0.1, -0.05) is 140 Å². The van der Waals surface area contributed by atoms with Crippen LogP contribution in [0.3, 0.4) is 0 Å². The maximum Gasteiger partial charge on any atom is 0.239 e. The van der Waals surface area contributed by atoms with Crippen LogP contribution in [0, 0.1) is 0 Å². The highest BCUT2D eigenvalue weighted by Crippen LogP contribution is 2.39. The molecule has 6 aromatic carbocycles. The molecule has 0 fully saturated rings. The molecule has 0 unspecified atom stereocenters. The molecule has 0 radical (unpaired) electrons. The summed E-state index contributed by atoms with van der Waals surface area (Å²) in [6.45, 7) is 0. The van der Waals surface area contributed by atoms with Gasteiger partial charge in [0.05, 0.1) is 0 Å². The Kier molecular flexibility index (Phi) is 7.25. The quantitative estimate of drug-likeness (QED) is 0.180. The first-order valence-electron chi connectivity index (χ1n) is 14.3. The van der Waals surface area contributed by atoms with E-state index in [1.807, 2.05) is 11.3 Å². The Labute approximate surface area is 251 Å². The van der Waals surface area contributed by atoms with Crippen molar-refractivity contribution in [3.05, 3.63) is 176 Å². The fourth-order valence-electron chi connectivity index (χ4n) is 5.35. The van der Waals surface area contributed by atoms with E-state index in [2.05, 4.69) is 176 Å². The molecule has 0 saturated heterocycles. The van der Waals surface area contributed by atoms with E-state index in [0.717, 1.165) is 0 Å². The molecule has 0 N–H and O–H groups in total. The second-order valence-corrected chi connectivity index (χ2v) is 11.5. The molecule has 42 heavy (non-hydrogen) atoms. The summed E-state index contributed by atoms with van der Waals surface area (Å²) < 4.78 is 0. The number of benzene rings is 6. The van der Waals surface area contributed by atoms with Gasteiger partial charge in [-0.15, -0.1) is 0 Å². The maximum absolute atomic E-state index is 2.33. The van der Waals surface area contributed by atoms with Gasteiger partial charge in [-0.3, -0.25) is 0 Å². The number of rotatable bonds is 6. The van der Waals surface area contributed by atoms with Crippen molar-refractivity contribution in [3.63, 3.8) is 0 Å². The van der Waals surface area contributed by atoms with E-state index >= 15 is 0 Å². The Balaban J connectivity index is 1.29. The van der Waals surface area contributed by atoms with Crippen molar-refractivity contribution in [2.24, 2.45) is 0 Å². The smallest absolute Gasteiger partial charge is 0.0622 e. The fraction of sp³-hybridized carbons (Fsp3) is 0. The minimum Gasteiger partial charge on any atom is -0.0622 e. The highest BCUT2D eigenvalue weighted by molar-refractivity contribution is 7.18. The van der Waals surface area contributed by atoms with Gasteiger partial charge in [0, 0.05) is 23.3 Å². The lowest BCUT2D eigenvalue weighted by Crippen LogP contribution is -1.85. The van der Waals surface area contributed by atoms with Gasteiger partial charge >= 0.3 is 0 Å². The minimum atomic E-state index is 1.21. The van der Waals surface area contributed by atoms with E-state index < -0.39 is 0 Å². The van der Waals surface area contributed by atoms with Crippen LogP contribution < -0.4 is 0 Å². The first-order valence-corrected chi connectivity index (χ1v) is 15.1. The Bertz CT molecular complexity index is 1660. The zero-order chi connectivity index (χ0) is 28.1. The predicted octanol–water partition coefficient (Wildman–Crippen LogP) is 12.0. The molecule has 0 amide bonds. The van der Waals surface area contributed by atoms with Crippen molar-refractivity contribution >= 4 is 11.3 Å². The third kappa shape index (κ3) is 5.56. The lowest BCUT2D eigenvalue weighted by Gasteiger charge is -2.07. The largest absolute Gasteiger partial charge is 0.239 e. The molecule has 1 heteroatoms. The third-order valence-corrected chi connectivity index (χ3v) is 8.82. The summed E-state index contributed by atoms with van der Waals surface area (Å²) in [7, 11) is 0. The van der Waals surface area contributed by atoms with E-state index in [0.29, 0.717) is 0 Å². The van der Waals surface area contributed by atoms with Crippen LogP contribution in [0.1, 0.15) is 0 Å². The highest BCUT2D eigenvalue weighted by atomic mass is 32.1. The Hall–Kier alpha value is -5.11. The van der Waals surface area contributed by atoms with Crippen molar-refractivity contribution in [1.29, 1.82) is 0 Å². The monoisotopic (exact) mass is 553 g/mol. The van der Waals surface area contributed by atoms with Gasteiger partial charge in [0.25, 0.3) is 0 Å². The normalized spacial score (nSPS) is 10.9. The second kappa shape index (κ2) is 11.8. The van der Waals surface area contributed by atoms with Gasteiger partial charge in [-0.25, -0.2) is 0 Å². The SMILES string of the molecule is c1ccc(-c2ccc(-c3cc(-c4ccc(-c5ccccc5)cc4)[s+]c(-c4ccc(-c5ccccc5)cc4)c3)cc2)cc1. The Morgan fingerprint density at radius 2 is 0.452 bits per heavy atom. The first-order chi connectivity index (χ1) is 20.8. The molecule has 0 bridgehead atoms. The molecule has 198 valence electrons. The summed E-state index contributed by atoms with van der Waals surface area (Å²) in [5.74, 6) is 0. The average Bonchev–Trinajstić information content (AvgIpc) is 3.09. The van der Waals surface area contributed by atoms with E-state index in [-0.39, 0.29) is 0 Å². The average molecular weight is 554 g/mol. The molecule has 0 atom stereocenters. The van der Waals surface area contributed by atoms with Gasteiger partial charge in [-0.2, -0.15) is 0 Å². The molecule has 0 aliphatic carbocycles. The van der Waals surface area contributed by atoms with Crippen LogP contribution in [0.5, 0.6) is 0 Å². The minimum absolute atomic E-state index is 1.21. The molecule has 7 aromatic rings. The summed E-state index contributed by atoms with van der Waals surface area (Å²) in [4.78, 5) is 2.50.